The number of benzene rings is 1. The van der Waals surface area contributed by atoms with Crippen molar-refractivity contribution in [2.75, 3.05) is 36.5 Å². The van der Waals surface area contributed by atoms with E-state index >= 15 is 13.2 Å². The predicted octanol–water partition coefficient (Wildman–Crippen LogP) is 6.80. The maximum absolute atomic E-state index is 16.1. The van der Waals surface area contributed by atoms with Crippen LogP contribution in [0.1, 0.15) is 101 Å². The maximum Gasteiger partial charge on any atom is 0.278 e. The lowest BCUT2D eigenvalue weighted by Crippen LogP contribution is -2.43. The Morgan fingerprint density at radius 3 is 2.40 bits per heavy atom. The topological polar surface area (TPSA) is 97.2 Å². The van der Waals surface area contributed by atoms with Crippen molar-refractivity contribution in [2.24, 2.45) is 11.3 Å². The van der Waals surface area contributed by atoms with E-state index in [0.717, 1.165) is 32.2 Å². The van der Waals surface area contributed by atoms with Crippen molar-refractivity contribution in [3.63, 3.8) is 0 Å². The van der Waals surface area contributed by atoms with Gasteiger partial charge in [0.2, 0.25) is 0 Å². The van der Waals surface area contributed by atoms with Crippen molar-refractivity contribution in [1.82, 2.24) is 19.4 Å². The second-order valence-electron chi connectivity index (χ2n) is 14.7. The second kappa shape index (κ2) is 13.1. The quantitative estimate of drug-likeness (QED) is 0.304. The van der Waals surface area contributed by atoms with Gasteiger partial charge in [-0.25, -0.2) is 31.6 Å². The molecule has 4 aliphatic heterocycles. The van der Waals surface area contributed by atoms with Crippen molar-refractivity contribution < 1.29 is 21.6 Å². The van der Waals surface area contributed by atoms with Crippen molar-refractivity contribution in [2.45, 2.75) is 96.6 Å². The summed E-state index contributed by atoms with van der Waals surface area (Å²) in [6.07, 6.45) is 6.26. The highest BCUT2D eigenvalue weighted by Crippen LogP contribution is 2.44. The minimum atomic E-state index is -3.32. The summed E-state index contributed by atoms with van der Waals surface area (Å²) >= 11 is 0. The molecular formula is C35H46F3N5O3S. The van der Waals surface area contributed by atoms with E-state index in [9.17, 15) is 13.2 Å². The van der Waals surface area contributed by atoms with Crippen LogP contribution in [0.2, 0.25) is 0 Å². The first kappa shape index (κ1) is 33.9. The molecule has 0 radical (unpaired) electrons. The zero-order chi connectivity index (χ0) is 33.6. The van der Waals surface area contributed by atoms with Crippen LogP contribution in [0.4, 0.5) is 19.0 Å². The number of nitrogens with zero attached hydrogens (tertiary/aromatic N) is 4. The Bertz CT molecular complexity index is 1770. The summed E-state index contributed by atoms with van der Waals surface area (Å²) in [6, 6.07) is 5.21. The van der Waals surface area contributed by atoms with Crippen LogP contribution in [0, 0.1) is 17.2 Å². The number of anilines is 1. The summed E-state index contributed by atoms with van der Waals surface area (Å²) in [7, 11) is -3.14. The molecule has 8 nitrogen and oxygen atoms in total. The molecule has 0 aliphatic carbocycles. The zero-order valence-electron chi connectivity index (χ0n) is 27.6. The van der Waals surface area contributed by atoms with Crippen molar-refractivity contribution >= 4 is 26.7 Å². The van der Waals surface area contributed by atoms with E-state index in [4.69, 9.17) is 0 Å². The average molecular weight is 674 g/mol. The molecule has 1 aromatic carbocycles. The smallest absolute Gasteiger partial charge is 0.278 e. The molecule has 4 aliphatic rings. The van der Waals surface area contributed by atoms with E-state index in [0.29, 0.717) is 67.7 Å². The molecule has 0 saturated carbocycles. The molecule has 1 atom stereocenters. The number of pyridine rings is 1. The third-order valence-corrected chi connectivity index (χ3v) is 12.3. The van der Waals surface area contributed by atoms with Crippen LogP contribution in [-0.4, -0.2) is 59.0 Å². The van der Waals surface area contributed by atoms with Gasteiger partial charge in [-0.3, -0.25) is 9.36 Å². The third kappa shape index (κ3) is 7.09. The van der Waals surface area contributed by atoms with Crippen molar-refractivity contribution in [1.29, 1.82) is 0 Å². The molecule has 3 aromatic rings. The minimum absolute atomic E-state index is 0.0107. The molecule has 0 amide bonds. The van der Waals surface area contributed by atoms with E-state index in [2.05, 4.69) is 34.0 Å². The van der Waals surface area contributed by atoms with Crippen LogP contribution in [0.5, 0.6) is 0 Å². The van der Waals surface area contributed by atoms with Crippen molar-refractivity contribution in [3.8, 4) is 0 Å². The first-order chi connectivity index (χ1) is 22.3. The van der Waals surface area contributed by atoms with Gasteiger partial charge < -0.3 is 10.2 Å². The molecule has 0 spiro atoms. The van der Waals surface area contributed by atoms with Crippen molar-refractivity contribution in [3.05, 3.63) is 63.5 Å². The first-order valence-corrected chi connectivity index (χ1v) is 18.8. The fourth-order valence-electron chi connectivity index (χ4n) is 7.85. The zero-order valence-corrected chi connectivity index (χ0v) is 28.4. The number of piperidine rings is 1. The first-order valence-electron chi connectivity index (χ1n) is 17.0. The van der Waals surface area contributed by atoms with Crippen LogP contribution >= 0.6 is 0 Å². The van der Waals surface area contributed by atoms with Gasteiger partial charge in [0.1, 0.15) is 33.4 Å². The second-order valence-corrected chi connectivity index (χ2v) is 17.0. The Morgan fingerprint density at radius 1 is 0.957 bits per heavy atom. The number of aryl methyl sites for hydroxylation is 1. The highest BCUT2D eigenvalue weighted by atomic mass is 32.2. The normalized spacial score (nSPS) is 26.8. The predicted molar refractivity (Wildman–Crippen MR) is 178 cm³/mol. The summed E-state index contributed by atoms with van der Waals surface area (Å²) in [5.41, 5.74) is 0.290. The highest BCUT2D eigenvalue weighted by molar-refractivity contribution is 7.91. The lowest BCUT2D eigenvalue weighted by atomic mass is 9.82. The van der Waals surface area contributed by atoms with Crippen LogP contribution in [0.3, 0.4) is 0 Å². The Morgan fingerprint density at radius 2 is 1.68 bits per heavy atom. The maximum atomic E-state index is 16.1. The largest absolute Gasteiger partial charge is 0.363 e. The molecular weight excluding hydrogens is 627 g/mol. The number of alkyl halides is 2. The summed E-state index contributed by atoms with van der Waals surface area (Å²) in [5.74, 6) is -5.01. The molecule has 1 N–H and O–H groups in total. The summed E-state index contributed by atoms with van der Waals surface area (Å²) in [4.78, 5) is 25.2. The Labute approximate surface area is 275 Å². The number of halogens is 3. The Balaban J connectivity index is 1.42. The number of aromatic nitrogens is 3. The van der Waals surface area contributed by atoms with E-state index in [-0.39, 0.29) is 34.0 Å². The summed E-state index contributed by atoms with van der Waals surface area (Å²) in [6.45, 7) is 8.48. The molecule has 0 unspecified atom stereocenters. The molecule has 256 valence electrons. The standard InChI is InChI=1S/C35H46F3N5O3S/c1-23-26-8-7-9-29(30(26)36)35(37,38)25-10-16-42(17-11-25)21-34(2,3)14-5-4-6-15-43-32-28(31(41-23)39-22-40-32)20-27(33(43)44)24-12-18-47(45,46)19-13-24/h7-9,20,22-25H,4-6,10-19,21H2,1-3H3,(H,39,40,41)/t23-/m1/s1. The SMILES string of the molecule is C[C@H]1Nc2ncnc3c2cc(C2CCS(=O)(=O)CC2)c(=O)n3CCCCCC(C)(C)CN2CCC(CC2)C(F)(F)c2cccc1c2F. The minimum Gasteiger partial charge on any atom is -0.363 e. The van der Waals surface area contributed by atoms with E-state index in [1.54, 1.807) is 17.6 Å². The van der Waals surface area contributed by atoms with E-state index in [1.165, 1.54) is 24.5 Å². The molecule has 8 bridgehead atoms. The van der Waals surface area contributed by atoms with Gasteiger partial charge in [-0.05, 0) is 75.9 Å². The third-order valence-electron chi connectivity index (χ3n) is 10.6. The van der Waals surface area contributed by atoms with E-state index in [1.807, 2.05) is 0 Å². The van der Waals surface area contributed by atoms with Crippen LogP contribution in [0.15, 0.2) is 35.4 Å². The number of sulfone groups is 1. The number of fused-ring (bicyclic) bond motifs is 9. The molecule has 47 heavy (non-hydrogen) atoms. The Hall–Kier alpha value is -2.99. The van der Waals surface area contributed by atoms with Crippen LogP contribution in [0.25, 0.3) is 11.0 Å². The highest BCUT2D eigenvalue weighted by Gasteiger charge is 2.45. The molecule has 12 heteroatoms. The number of hydrogen-bond acceptors (Lipinski definition) is 7. The lowest BCUT2D eigenvalue weighted by Gasteiger charge is -2.39. The fraction of sp³-hybridized carbons (Fsp3) is 0.629. The Kier molecular flexibility index (Phi) is 9.47. The fourth-order valence-corrected chi connectivity index (χ4v) is 9.34. The molecule has 2 fully saturated rings. The van der Waals surface area contributed by atoms with Gasteiger partial charge in [0, 0.05) is 30.1 Å². The molecule has 2 aromatic heterocycles. The monoisotopic (exact) mass is 673 g/mol. The van der Waals surface area contributed by atoms with Crippen LogP contribution < -0.4 is 10.9 Å². The van der Waals surface area contributed by atoms with Gasteiger partial charge in [0.05, 0.1) is 28.5 Å². The van der Waals surface area contributed by atoms with Gasteiger partial charge >= 0.3 is 0 Å². The number of hydrogen-bond donors (Lipinski definition) is 1. The van der Waals surface area contributed by atoms with Gasteiger partial charge in [-0.1, -0.05) is 44.9 Å². The van der Waals surface area contributed by atoms with Gasteiger partial charge in [-0.15, -0.1) is 0 Å². The van der Waals surface area contributed by atoms with Crippen LogP contribution in [-0.2, 0) is 22.3 Å². The van der Waals surface area contributed by atoms with Gasteiger partial charge in [-0.2, -0.15) is 0 Å². The number of rotatable bonds is 1. The molecule has 7 rings (SSSR count). The molecule has 6 heterocycles. The van der Waals surface area contributed by atoms with Gasteiger partial charge in [0.25, 0.3) is 11.5 Å². The lowest BCUT2D eigenvalue weighted by molar-refractivity contribution is -0.0898. The summed E-state index contributed by atoms with van der Waals surface area (Å²) in [5, 5.41) is 3.79. The molecule has 2 saturated heterocycles. The average Bonchev–Trinajstić information content (AvgIpc) is 3.01. The summed E-state index contributed by atoms with van der Waals surface area (Å²) < 4.78 is 74.1. The van der Waals surface area contributed by atoms with Gasteiger partial charge in [0.15, 0.2) is 0 Å². The van der Waals surface area contributed by atoms with E-state index < -0.39 is 39.1 Å². The number of nitrogens with one attached hydrogen (secondary N) is 1.